The minimum Gasteiger partial charge on any atom is -0.382 e. The molecule has 0 atom stereocenters. The van der Waals surface area contributed by atoms with Crippen LogP contribution < -0.4 is 5.73 Å². The van der Waals surface area contributed by atoms with Crippen LogP contribution in [0.4, 0.5) is 10.2 Å². The summed E-state index contributed by atoms with van der Waals surface area (Å²) in [6, 6.07) is 4.73. The maximum atomic E-state index is 13.3. The number of fused-ring (bicyclic) bond motifs is 1. The summed E-state index contributed by atoms with van der Waals surface area (Å²) in [7, 11) is 0. The molecule has 19 heavy (non-hydrogen) atoms. The number of nitrogen functional groups attached to an aromatic ring is 1. The second-order valence-electron chi connectivity index (χ2n) is 4.08. The number of nitrogens with two attached hydrogens (primary N) is 1. The van der Waals surface area contributed by atoms with Gasteiger partial charge in [-0.25, -0.2) is 19.3 Å². The summed E-state index contributed by atoms with van der Waals surface area (Å²) in [6.07, 6.45) is 3.01. The third kappa shape index (κ3) is 2.28. The fourth-order valence-corrected chi connectivity index (χ4v) is 2.43. The van der Waals surface area contributed by atoms with Gasteiger partial charge in [0.2, 0.25) is 0 Å². The summed E-state index contributed by atoms with van der Waals surface area (Å²) in [4.78, 5) is 12.2. The standard InChI is InChI=1S/C12H9BrFN5/c13-8-1-7(2-9(14)3-8)4-19-6-18-10-11(15)16-5-17-12(10)19/h1-3,5-6H,4H2,(H2,15,16,17). The van der Waals surface area contributed by atoms with E-state index in [1.807, 2.05) is 6.07 Å². The molecule has 96 valence electrons. The minimum atomic E-state index is -0.289. The van der Waals surface area contributed by atoms with Gasteiger partial charge in [-0.15, -0.1) is 0 Å². The van der Waals surface area contributed by atoms with Gasteiger partial charge in [-0.1, -0.05) is 15.9 Å². The SMILES string of the molecule is Nc1ncnc2c1ncn2Cc1cc(F)cc(Br)c1. The number of anilines is 1. The highest BCUT2D eigenvalue weighted by atomic mass is 79.9. The van der Waals surface area contributed by atoms with Gasteiger partial charge in [0.15, 0.2) is 11.5 Å². The van der Waals surface area contributed by atoms with Crippen molar-refractivity contribution in [1.29, 1.82) is 0 Å². The van der Waals surface area contributed by atoms with Crippen LogP contribution in [0.15, 0.2) is 35.3 Å². The lowest BCUT2D eigenvalue weighted by Crippen LogP contribution is -2.01. The van der Waals surface area contributed by atoms with Crippen molar-refractivity contribution in [2.45, 2.75) is 6.54 Å². The summed E-state index contributed by atoms with van der Waals surface area (Å²) >= 11 is 3.27. The maximum Gasteiger partial charge on any atom is 0.165 e. The first-order chi connectivity index (χ1) is 9.13. The molecule has 0 spiro atoms. The van der Waals surface area contributed by atoms with Crippen molar-refractivity contribution in [2.24, 2.45) is 0 Å². The van der Waals surface area contributed by atoms with E-state index in [-0.39, 0.29) is 5.82 Å². The minimum absolute atomic E-state index is 0.289. The molecule has 0 fully saturated rings. The topological polar surface area (TPSA) is 69.6 Å². The molecule has 0 unspecified atom stereocenters. The predicted molar refractivity (Wildman–Crippen MR) is 72.9 cm³/mol. The lowest BCUT2D eigenvalue weighted by molar-refractivity contribution is 0.623. The van der Waals surface area contributed by atoms with E-state index in [0.717, 1.165) is 5.56 Å². The van der Waals surface area contributed by atoms with Crippen LogP contribution in [0.5, 0.6) is 0 Å². The van der Waals surface area contributed by atoms with E-state index in [9.17, 15) is 4.39 Å². The number of nitrogens with zero attached hydrogens (tertiary/aromatic N) is 4. The Labute approximate surface area is 116 Å². The molecule has 0 amide bonds. The Balaban J connectivity index is 2.04. The van der Waals surface area contributed by atoms with Gasteiger partial charge in [0, 0.05) is 4.47 Å². The van der Waals surface area contributed by atoms with E-state index < -0.39 is 0 Å². The molecule has 3 aromatic rings. The molecule has 7 heteroatoms. The van der Waals surface area contributed by atoms with E-state index in [2.05, 4.69) is 30.9 Å². The molecular formula is C12H9BrFN5. The fourth-order valence-electron chi connectivity index (χ4n) is 1.91. The molecule has 2 N–H and O–H groups in total. The number of rotatable bonds is 2. The molecule has 0 aliphatic heterocycles. The number of halogens is 2. The third-order valence-corrected chi connectivity index (χ3v) is 3.16. The monoisotopic (exact) mass is 321 g/mol. The van der Waals surface area contributed by atoms with Gasteiger partial charge in [0.1, 0.15) is 17.7 Å². The second kappa shape index (κ2) is 4.58. The van der Waals surface area contributed by atoms with Crippen LogP contribution >= 0.6 is 15.9 Å². The quantitative estimate of drug-likeness (QED) is 0.786. The molecule has 0 bridgehead atoms. The van der Waals surface area contributed by atoms with Crippen LogP contribution in [0.3, 0.4) is 0 Å². The first kappa shape index (κ1) is 12.0. The molecule has 0 radical (unpaired) electrons. The summed E-state index contributed by atoms with van der Waals surface area (Å²) in [5, 5.41) is 0. The maximum absolute atomic E-state index is 13.3. The van der Waals surface area contributed by atoms with Gasteiger partial charge in [-0.2, -0.15) is 0 Å². The Hall–Kier alpha value is -2.02. The predicted octanol–water partition coefficient (Wildman–Crippen LogP) is 2.36. The summed E-state index contributed by atoms with van der Waals surface area (Å²) in [5.74, 6) is 0.0482. The van der Waals surface area contributed by atoms with E-state index in [1.54, 1.807) is 10.9 Å². The molecule has 0 saturated heterocycles. The molecule has 0 aliphatic carbocycles. The van der Waals surface area contributed by atoms with E-state index in [1.165, 1.54) is 18.5 Å². The lowest BCUT2D eigenvalue weighted by atomic mass is 10.2. The molecule has 5 nitrogen and oxygen atoms in total. The van der Waals surface area contributed by atoms with Crippen molar-refractivity contribution in [3.8, 4) is 0 Å². The van der Waals surface area contributed by atoms with Crippen molar-refractivity contribution in [3.63, 3.8) is 0 Å². The van der Waals surface area contributed by atoms with Gasteiger partial charge >= 0.3 is 0 Å². The molecule has 0 saturated carbocycles. The zero-order valence-corrected chi connectivity index (χ0v) is 11.3. The number of hydrogen-bond acceptors (Lipinski definition) is 4. The smallest absolute Gasteiger partial charge is 0.165 e. The molecular weight excluding hydrogens is 313 g/mol. The van der Waals surface area contributed by atoms with Crippen LogP contribution in [0, 0.1) is 5.82 Å². The summed E-state index contributed by atoms with van der Waals surface area (Å²) in [5.41, 5.74) is 7.71. The van der Waals surface area contributed by atoms with Crippen molar-refractivity contribution in [2.75, 3.05) is 5.73 Å². The van der Waals surface area contributed by atoms with Crippen LogP contribution in [-0.2, 0) is 6.54 Å². The van der Waals surface area contributed by atoms with Crippen LogP contribution in [0.1, 0.15) is 5.56 Å². The number of aromatic nitrogens is 4. The van der Waals surface area contributed by atoms with Gasteiger partial charge in [-0.05, 0) is 23.8 Å². The average molecular weight is 322 g/mol. The van der Waals surface area contributed by atoms with Gasteiger partial charge in [0.25, 0.3) is 0 Å². The van der Waals surface area contributed by atoms with E-state index in [4.69, 9.17) is 5.73 Å². The van der Waals surface area contributed by atoms with E-state index in [0.29, 0.717) is 28.0 Å². The molecule has 2 aromatic heterocycles. The zero-order valence-electron chi connectivity index (χ0n) is 9.72. The first-order valence-corrected chi connectivity index (χ1v) is 6.29. The lowest BCUT2D eigenvalue weighted by Gasteiger charge is -2.05. The van der Waals surface area contributed by atoms with Gasteiger partial charge < -0.3 is 10.3 Å². The fraction of sp³-hybridized carbons (Fsp3) is 0.0833. The Morgan fingerprint density at radius 3 is 2.84 bits per heavy atom. The summed E-state index contributed by atoms with van der Waals surface area (Å²) in [6.45, 7) is 0.462. The highest BCUT2D eigenvalue weighted by Crippen LogP contribution is 2.19. The normalized spacial score (nSPS) is 11.1. The van der Waals surface area contributed by atoms with Gasteiger partial charge in [0.05, 0.1) is 12.9 Å². The average Bonchev–Trinajstić information content (AvgIpc) is 2.73. The largest absolute Gasteiger partial charge is 0.382 e. The van der Waals surface area contributed by atoms with Crippen LogP contribution in [0.25, 0.3) is 11.2 Å². The zero-order chi connectivity index (χ0) is 13.4. The van der Waals surface area contributed by atoms with Crippen molar-refractivity contribution >= 4 is 32.9 Å². The molecule has 3 rings (SSSR count). The molecule has 1 aromatic carbocycles. The highest BCUT2D eigenvalue weighted by molar-refractivity contribution is 9.10. The number of benzene rings is 1. The molecule has 2 heterocycles. The number of hydrogen-bond donors (Lipinski definition) is 1. The van der Waals surface area contributed by atoms with Crippen LogP contribution in [-0.4, -0.2) is 19.5 Å². The Morgan fingerprint density at radius 2 is 2.05 bits per heavy atom. The highest BCUT2D eigenvalue weighted by Gasteiger charge is 2.08. The second-order valence-corrected chi connectivity index (χ2v) is 5.00. The molecule has 0 aliphatic rings. The van der Waals surface area contributed by atoms with Crippen molar-refractivity contribution < 1.29 is 4.39 Å². The Morgan fingerprint density at radius 1 is 1.21 bits per heavy atom. The summed E-state index contributed by atoms with van der Waals surface area (Å²) < 4.78 is 15.8. The van der Waals surface area contributed by atoms with Gasteiger partial charge in [-0.3, -0.25) is 0 Å². The Bertz CT molecular complexity index is 735. The number of imidazole rings is 1. The first-order valence-electron chi connectivity index (χ1n) is 5.50. The Kier molecular flexibility index (Phi) is 2.90. The van der Waals surface area contributed by atoms with Crippen molar-refractivity contribution in [3.05, 3.63) is 46.7 Å². The van der Waals surface area contributed by atoms with Crippen LogP contribution in [0.2, 0.25) is 0 Å². The van der Waals surface area contributed by atoms with E-state index >= 15 is 0 Å². The third-order valence-electron chi connectivity index (χ3n) is 2.70. The van der Waals surface area contributed by atoms with Crippen molar-refractivity contribution in [1.82, 2.24) is 19.5 Å².